The summed E-state index contributed by atoms with van der Waals surface area (Å²) in [6.45, 7) is 41.9. The SMILES string of the molecule is Cc1cccc2c1N(c1cc3c4c(c1)N(c1ccc5c(c1)C(C)(C)CCC5(C)C)c1c(oc5c1C(C)(C)CCC5(C)C)B4c1cc4c(cc1N3c1ccc3c(c1)C(C)(C)CCC3(C)C)C(C)(C)CCC4(C)C)c1ccccc1S2. The molecule has 0 unspecified atom stereocenters. The Balaban J connectivity index is 1.17. The second-order valence-corrected chi connectivity index (χ2v) is 31.9. The van der Waals surface area contributed by atoms with E-state index in [1.165, 1.54) is 135 Å². The first-order valence-electron chi connectivity index (χ1n) is 30.1. The van der Waals surface area contributed by atoms with Gasteiger partial charge in [0.15, 0.2) is 0 Å². The van der Waals surface area contributed by atoms with Crippen molar-refractivity contribution in [1.82, 2.24) is 0 Å². The van der Waals surface area contributed by atoms with Gasteiger partial charge in [-0.3, -0.25) is 0 Å². The summed E-state index contributed by atoms with van der Waals surface area (Å²) in [7, 11) is 0. The molecule has 0 saturated heterocycles. The zero-order valence-corrected chi connectivity index (χ0v) is 51.5. The molecule has 0 spiro atoms. The number of benzene rings is 6. The fourth-order valence-electron chi connectivity index (χ4n) is 16.2. The van der Waals surface area contributed by atoms with Crippen LogP contribution < -0.4 is 31.3 Å². The monoisotopic (exact) mass is 1060 g/mol. The Morgan fingerprint density at radius 3 is 1.46 bits per heavy atom. The Bertz CT molecular complexity index is 3780. The fourth-order valence-corrected chi connectivity index (χ4v) is 17.3. The van der Waals surface area contributed by atoms with Crippen molar-refractivity contribution >= 4 is 86.2 Å². The van der Waals surface area contributed by atoms with Crippen LogP contribution in [0.5, 0.6) is 0 Å². The minimum absolute atomic E-state index is 0.00173. The van der Waals surface area contributed by atoms with Gasteiger partial charge in [0.1, 0.15) is 5.76 Å². The van der Waals surface area contributed by atoms with Crippen LogP contribution in [0, 0.1) is 6.92 Å². The molecule has 4 nitrogen and oxygen atoms in total. The predicted octanol–water partition coefficient (Wildman–Crippen LogP) is 19.0. The largest absolute Gasteiger partial charge is 0.472 e. The molecule has 4 heterocycles. The van der Waals surface area contributed by atoms with Crippen molar-refractivity contribution in [1.29, 1.82) is 0 Å². The summed E-state index contributed by atoms with van der Waals surface area (Å²) in [4.78, 5) is 10.7. The first-order valence-corrected chi connectivity index (χ1v) is 30.9. The van der Waals surface area contributed by atoms with E-state index in [0.29, 0.717) is 0 Å². The minimum atomic E-state index is -0.154. The van der Waals surface area contributed by atoms with E-state index in [1.54, 1.807) is 0 Å². The molecule has 7 aromatic rings. The lowest BCUT2D eigenvalue weighted by Gasteiger charge is -2.48. The average molecular weight is 1060 g/mol. The molecule has 14 rings (SSSR count). The average Bonchev–Trinajstić information content (AvgIpc) is 3.09. The summed E-state index contributed by atoms with van der Waals surface area (Å²) in [5, 5.41) is 0. The van der Waals surface area contributed by atoms with E-state index in [9.17, 15) is 0 Å². The molecule has 79 heavy (non-hydrogen) atoms. The first kappa shape index (κ1) is 51.6. The number of hydrogen-bond donors (Lipinski definition) is 0. The molecular weight excluding hydrogens is 978 g/mol. The maximum atomic E-state index is 8.01. The van der Waals surface area contributed by atoms with Crippen LogP contribution in [0.15, 0.2) is 117 Å². The zero-order valence-electron chi connectivity index (χ0n) is 50.7. The van der Waals surface area contributed by atoms with E-state index >= 15 is 0 Å². The van der Waals surface area contributed by atoms with Crippen LogP contribution in [0.25, 0.3) is 0 Å². The molecule has 0 atom stereocenters. The summed E-state index contributed by atoms with van der Waals surface area (Å²) in [6.07, 6.45) is 9.13. The van der Waals surface area contributed by atoms with Gasteiger partial charge in [0, 0.05) is 49.2 Å². The molecule has 1 aromatic heterocycles. The van der Waals surface area contributed by atoms with Gasteiger partial charge in [0.2, 0.25) is 0 Å². The van der Waals surface area contributed by atoms with Crippen LogP contribution in [0.4, 0.5) is 51.2 Å². The number of furan rings is 1. The van der Waals surface area contributed by atoms with Gasteiger partial charge in [-0.1, -0.05) is 165 Å². The number of rotatable bonds is 3. The third kappa shape index (κ3) is 7.32. The van der Waals surface area contributed by atoms with Crippen molar-refractivity contribution in [2.75, 3.05) is 14.7 Å². The number of anilines is 9. The first-order chi connectivity index (χ1) is 37.0. The van der Waals surface area contributed by atoms with Crippen LogP contribution in [0.1, 0.15) is 212 Å². The van der Waals surface area contributed by atoms with Crippen molar-refractivity contribution < 1.29 is 4.42 Å². The summed E-state index contributed by atoms with van der Waals surface area (Å²) in [6, 6.07) is 41.8. The highest BCUT2D eigenvalue weighted by atomic mass is 32.2. The van der Waals surface area contributed by atoms with Crippen LogP contribution >= 0.6 is 11.8 Å². The van der Waals surface area contributed by atoms with Gasteiger partial charge in [-0.15, -0.1) is 0 Å². The normalized spacial score (nSPS) is 22.0. The third-order valence-electron chi connectivity index (χ3n) is 21.7. The van der Waals surface area contributed by atoms with Gasteiger partial charge in [0.25, 0.3) is 6.71 Å². The van der Waals surface area contributed by atoms with E-state index in [-0.39, 0.29) is 50.0 Å². The quantitative estimate of drug-likeness (QED) is 0.164. The molecule has 6 heteroatoms. The van der Waals surface area contributed by atoms with Crippen molar-refractivity contribution in [3.8, 4) is 0 Å². The molecular formula is C73H84BN3OS. The van der Waals surface area contributed by atoms with Gasteiger partial charge in [-0.05, 0) is 207 Å². The second-order valence-electron chi connectivity index (χ2n) is 30.8. The summed E-state index contributed by atoms with van der Waals surface area (Å²) >= 11 is 1.90. The van der Waals surface area contributed by atoms with Gasteiger partial charge in [0.05, 0.1) is 28.4 Å². The van der Waals surface area contributed by atoms with Crippen LogP contribution in [0.3, 0.4) is 0 Å². The van der Waals surface area contributed by atoms with Crippen LogP contribution in [0.2, 0.25) is 0 Å². The third-order valence-corrected chi connectivity index (χ3v) is 22.8. The molecule has 6 aromatic carbocycles. The van der Waals surface area contributed by atoms with E-state index < -0.39 is 0 Å². The van der Waals surface area contributed by atoms with Crippen LogP contribution in [-0.4, -0.2) is 6.71 Å². The van der Waals surface area contributed by atoms with Gasteiger partial charge in [-0.25, -0.2) is 0 Å². The fraction of sp³-hybridized carbons (Fsp3) is 0.452. The lowest BCUT2D eigenvalue weighted by molar-refractivity contribution is 0.282. The van der Waals surface area contributed by atoms with Gasteiger partial charge < -0.3 is 19.1 Å². The lowest BCUT2D eigenvalue weighted by atomic mass is 9.35. The predicted molar refractivity (Wildman–Crippen MR) is 337 cm³/mol. The van der Waals surface area contributed by atoms with E-state index in [4.69, 9.17) is 4.42 Å². The molecule has 7 aliphatic rings. The van der Waals surface area contributed by atoms with Crippen molar-refractivity contribution in [3.63, 3.8) is 0 Å². The molecule has 0 N–H and O–H groups in total. The van der Waals surface area contributed by atoms with Crippen molar-refractivity contribution in [2.24, 2.45) is 0 Å². The van der Waals surface area contributed by atoms with E-state index in [1.807, 2.05) is 11.8 Å². The molecule has 3 aliphatic heterocycles. The van der Waals surface area contributed by atoms with E-state index in [0.717, 1.165) is 44.2 Å². The summed E-state index contributed by atoms with van der Waals surface area (Å²) in [5.41, 5.74) is 26.4. The lowest BCUT2D eigenvalue weighted by Crippen LogP contribution is -2.61. The molecule has 406 valence electrons. The Morgan fingerprint density at radius 1 is 0.392 bits per heavy atom. The maximum absolute atomic E-state index is 8.01. The van der Waals surface area contributed by atoms with E-state index in [2.05, 4.69) is 236 Å². The van der Waals surface area contributed by atoms with Crippen molar-refractivity contribution in [3.05, 3.63) is 153 Å². The van der Waals surface area contributed by atoms with Crippen molar-refractivity contribution in [2.45, 2.75) is 222 Å². The Morgan fingerprint density at radius 2 is 0.861 bits per heavy atom. The summed E-state index contributed by atoms with van der Waals surface area (Å²) < 4.78 is 8.01. The molecule has 0 radical (unpaired) electrons. The Kier molecular flexibility index (Phi) is 10.7. The van der Waals surface area contributed by atoms with Gasteiger partial charge in [-0.2, -0.15) is 0 Å². The number of nitrogens with zero attached hydrogens (tertiary/aromatic N) is 3. The second kappa shape index (κ2) is 16.3. The molecule has 0 bridgehead atoms. The molecule has 4 aliphatic carbocycles. The highest BCUT2D eigenvalue weighted by Crippen LogP contribution is 2.60. The molecule has 0 amide bonds. The maximum Gasteiger partial charge on any atom is 0.297 e. The number of hydrogen-bond acceptors (Lipinski definition) is 5. The topological polar surface area (TPSA) is 22.9 Å². The molecule has 0 fully saturated rings. The zero-order chi connectivity index (χ0) is 55.7. The smallest absolute Gasteiger partial charge is 0.297 e. The highest BCUT2D eigenvalue weighted by molar-refractivity contribution is 7.99. The standard InChI is InChI=1S/C73H84BN3OS/c1-43-21-20-24-59-62(43)77(54-22-18-19-23-58(54)79-59)46-39-56-61-57(40-46)76(45-26-28-48-50(38-45)69(8,9)32-30-67(48,4)5)63-60-64(73(16,17)36-35-72(60,14)15)78-65(63)74(61)53-41-51-52(71(12,13)34-33-70(51,10)11)42-55(53)75(56)44-25-27-47-49(37-44)68(6,7)31-29-66(47,2)3/h18-28,37-42H,29-36H2,1-17H3. The van der Waals surface area contributed by atoms with Gasteiger partial charge >= 0.3 is 0 Å². The molecule has 0 saturated carbocycles. The summed E-state index contributed by atoms with van der Waals surface area (Å²) in [5.74, 6) is 1.17. The van der Waals surface area contributed by atoms with Crippen LogP contribution in [-0.2, 0) is 43.3 Å². The minimum Gasteiger partial charge on any atom is -0.472 e. The number of para-hydroxylation sites is 2. The number of aryl methyl sites for hydroxylation is 1. The Hall–Kier alpha value is -5.59. The Labute approximate surface area is 478 Å². The highest BCUT2D eigenvalue weighted by Gasteiger charge is 2.54. The number of fused-ring (bicyclic) bond motifs is 11.